The van der Waals surface area contributed by atoms with Crippen LogP contribution in [0.1, 0.15) is 15.9 Å². The summed E-state index contributed by atoms with van der Waals surface area (Å²) in [4.78, 5) is 36.4. The summed E-state index contributed by atoms with van der Waals surface area (Å²) in [6, 6.07) is 13.0. The lowest BCUT2D eigenvalue weighted by Crippen LogP contribution is -2.24. The van der Waals surface area contributed by atoms with E-state index in [2.05, 4.69) is 0 Å². The molecule has 0 radical (unpaired) electrons. The number of allylic oxidation sites excluding steroid dienone is 4. The second-order valence-electron chi connectivity index (χ2n) is 6.17. The van der Waals surface area contributed by atoms with Crippen LogP contribution in [0.15, 0.2) is 87.6 Å². The van der Waals surface area contributed by atoms with Crippen LogP contribution in [0.5, 0.6) is 11.5 Å². The Morgan fingerprint density at radius 1 is 0.862 bits per heavy atom. The fourth-order valence-electron chi connectivity index (χ4n) is 2.93. The van der Waals surface area contributed by atoms with Crippen molar-refractivity contribution in [3.05, 3.63) is 100.0 Å². The van der Waals surface area contributed by atoms with Gasteiger partial charge in [0.2, 0.25) is 5.78 Å². The molecule has 2 aromatic carbocycles. The number of benzene rings is 2. The van der Waals surface area contributed by atoms with Crippen molar-refractivity contribution in [3.63, 3.8) is 0 Å². The van der Waals surface area contributed by atoms with E-state index in [1.807, 2.05) is 0 Å². The molecule has 3 aromatic rings. The van der Waals surface area contributed by atoms with Gasteiger partial charge in [0, 0.05) is 5.39 Å². The van der Waals surface area contributed by atoms with Gasteiger partial charge in [0.05, 0.1) is 11.1 Å². The summed E-state index contributed by atoms with van der Waals surface area (Å²) in [5.74, 6) is -1.36. The number of fused-ring (bicyclic) bond motifs is 2. The molecule has 1 aromatic heterocycles. The van der Waals surface area contributed by atoms with E-state index in [1.165, 1.54) is 30.4 Å². The number of ether oxygens (including phenoxy) is 1. The van der Waals surface area contributed by atoms with Crippen molar-refractivity contribution >= 4 is 28.8 Å². The number of esters is 1. The summed E-state index contributed by atoms with van der Waals surface area (Å²) < 4.78 is 10.3. The van der Waals surface area contributed by atoms with E-state index in [1.54, 1.807) is 48.5 Å². The third kappa shape index (κ3) is 3.39. The SMILES string of the molecule is O=C1Oc2ccccc2C(=O)/C1=C/C=C/C=C/c1c([O-])c2ccccc2oc1=O. The van der Waals surface area contributed by atoms with Crippen LogP contribution in [0.4, 0.5) is 0 Å². The highest BCUT2D eigenvalue weighted by Crippen LogP contribution is 2.27. The third-order valence-electron chi connectivity index (χ3n) is 4.35. The zero-order valence-electron chi connectivity index (χ0n) is 15.0. The maximum absolute atomic E-state index is 12.4. The van der Waals surface area contributed by atoms with Crippen molar-refractivity contribution in [1.82, 2.24) is 0 Å². The van der Waals surface area contributed by atoms with Crippen LogP contribution in [-0.2, 0) is 4.79 Å². The van der Waals surface area contributed by atoms with Gasteiger partial charge in [0.15, 0.2) is 0 Å². The molecule has 0 saturated carbocycles. The van der Waals surface area contributed by atoms with E-state index in [0.717, 1.165) is 0 Å². The minimum Gasteiger partial charge on any atom is -0.871 e. The van der Waals surface area contributed by atoms with Crippen molar-refractivity contribution in [1.29, 1.82) is 0 Å². The van der Waals surface area contributed by atoms with Gasteiger partial charge >= 0.3 is 11.6 Å². The number of para-hydroxylation sites is 2. The van der Waals surface area contributed by atoms with E-state index >= 15 is 0 Å². The summed E-state index contributed by atoms with van der Waals surface area (Å²) >= 11 is 0. The molecular weight excluding hydrogens is 372 g/mol. The normalized spacial score (nSPS) is 15.4. The van der Waals surface area contributed by atoms with E-state index in [9.17, 15) is 19.5 Å². The summed E-state index contributed by atoms with van der Waals surface area (Å²) in [7, 11) is 0. The molecule has 1 aliphatic rings. The van der Waals surface area contributed by atoms with Crippen LogP contribution in [0.2, 0.25) is 0 Å². The predicted octanol–water partition coefficient (Wildman–Crippen LogP) is 3.16. The molecule has 0 spiro atoms. The summed E-state index contributed by atoms with van der Waals surface area (Å²) in [6.07, 6.45) is 7.04. The Bertz CT molecular complexity index is 1290. The first kappa shape index (κ1) is 18.2. The molecule has 0 amide bonds. The fourth-order valence-corrected chi connectivity index (χ4v) is 2.93. The zero-order valence-corrected chi connectivity index (χ0v) is 15.0. The second-order valence-corrected chi connectivity index (χ2v) is 6.17. The molecule has 0 fully saturated rings. The van der Waals surface area contributed by atoms with Crippen LogP contribution < -0.4 is 15.5 Å². The standard InChI is InChI=1S/C23H14O6/c24-20-14-8-4-6-12-18(14)28-22(26)16(20)10-2-1-3-11-17-21(25)15-9-5-7-13-19(15)29-23(17)27/h1-13,24H/p-1/b3-1+,10-2+,17-11-. The maximum Gasteiger partial charge on any atom is 0.347 e. The van der Waals surface area contributed by atoms with Crippen LogP contribution in [0.3, 0.4) is 0 Å². The Morgan fingerprint density at radius 3 is 2.48 bits per heavy atom. The first-order chi connectivity index (χ1) is 14.1. The van der Waals surface area contributed by atoms with Crippen molar-refractivity contribution < 1.29 is 23.8 Å². The molecule has 1 aliphatic heterocycles. The molecule has 2 heterocycles. The van der Waals surface area contributed by atoms with Gasteiger partial charge in [-0.05, 0) is 30.4 Å². The van der Waals surface area contributed by atoms with Crippen LogP contribution in [-0.4, -0.2) is 11.8 Å². The smallest absolute Gasteiger partial charge is 0.347 e. The molecule has 0 N–H and O–H groups in total. The van der Waals surface area contributed by atoms with Gasteiger partial charge in [-0.25, -0.2) is 9.59 Å². The average molecular weight is 385 g/mol. The Kier molecular flexibility index (Phi) is 4.66. The molecular formula is C23H13O6-. The predicted molar refractivity (Wildman–Crippen MR) is 105 cm³/mol. The summed E-state index contributed by atoms with van der Waals surface area (Å²) in [6.45, 7) is 0. The Labute approximate surface area is 164 Å². The fraction of sp³-hybridized carbons (Fsp3) is 0. The van der Waals surface area contributed by atoms with Crippen molar-refractivity contribution in [3.8, 4) is 11.5 Å². The van der Waals surface area contributed by atoms with Gasteiger partial charge in [-0.15, -0.1) is 0 Å². The van der Waals surface area contributed by atoms with Crippen molar-refractivity contribution in [2.45, 2.75) is 0 Å². The molecule has 0 saturated heterocycles. The van der Waals surface area contributed by atoms with Crippen LogP contribution >= 0.6 is 0 Å². The molecule has 29 heavy (non-hydrogen) atoms. The number of ketones is 1. The number of Topliss-reactive ketones (excluding diaryl/α,β-unsaturated/α-hetero) is 1. The monoisotopic (exact) mass is 385 g/mol. The quantitative estimate of drug-likeness (QED) is 0.172. The largest absolute Gasteiger partial charge is 0.871 e. The highest BCUT2D eigenvalue weighted by Gasteiger charge is 2.29. The molecule has 6 nitrogen and oxygen atoms in total. The molecule has 0 aliphatic carbocycles. The van der Waals surface area contributed by atoms with E-state index in [4.69, 9.17) is 9.15 Å². The van der Waals surface area contributed by atoms with Crippen LogP contribution in [0.25, 0.3) is 17.0 Å². The second kappa shape index (κ2) is 7.44. The first-order valence-electron chi connectivity index (χ1n) is 8.70. The third-order valence-corrected chi connectivity index (χ3v) is 4.35. The van der Waals surface area contributed by atoms with Gasteiger partial charge in [-0.3, -0.25) is 4.79 Å². The van der Waals surface area contributed by atoms with E-state index < -0.39 is 23.1 Å². The molecule has 0 bridgehead atoms. The number of carbonyl (C=O) groups is 2. The minimum absolute atomic E-state index is 0.108. The van der Waals surface area contributed by atoms with Gasteiger partial charge in [-0.2, -0.15) is 0 Å². The Hall–Kier alpha value is -4.19. The first-order valence-corrected chi connectivity index (χ1v) is 8.70. The number of carbonyl (C=O) groups excluding carboxylic acids is 2. The lowest BCUT2D eigenvalue weighted by atomic mass is 9.99. The summed E-state index contributed by atoms with van der Waals surface area (Å²) in [5, 5.41) is 12.7. The van der Waals surface area contributed by atoms with Gasteiger partial charge < -0.3 is 14.3 Å². The highest BCUT2D eigenvalue weighted by molar-refractivity contribution is 6.27. The van der Waals surface area contributed by atoms with Crippen molar-refractivity contribution in [2.75, 3.05) is 0 Å². The van der Waals surface area contributed by atoms with Crippen LogP contribution in [0, 0.1) is 0 Å². The molecule has 4 rings (SSSR count). The Morgan fingerprint density at radius 2 is 1.62 bits per heavy atom. The molecule has 142 valence electrons. The molecule has 0 atom stereocenters. The van der Waals surface area contributed by atoms with Crippen molar-refractivity contribution in [2.24, 2.45) is 0 Å². The van der Waals surface area contributed by atoms with Gasteiger partial charge in [0.1, 0.15) is 16.9 Å². The topological polar surface area (TPSA) is 96.6 Å². The van der Waals surface area contributed by atoms with E-state index in [-0.39, 0.29) is 22.5 Å². The van der Waals surface area contributed by atoms with E-state index in [0.29, 0.717) is 10.9 Å². The lowest BCUT2D eigenvalue weighted by molar-refractivity contribution is -0.266. The molecule has 6 heteroatoms. The minimum atomic E-state index is -0.737. The zero-order chi connectivity index (χ0) is 20.4. The average Bonchev–Trinajstić information content (AvgIpc) is 2.72. The Balaban J connectivity index is 1.58. The number of rotatable bonds is 3. The van der Waals surface area contributed by atoms with Gasteiger partial charge in [0.25, 0.3) is 0 Å². The maximum atomic E-state index is 12.4. The summed E-state index contributed by atoms with van der Waals surface area (Å²) in [5.41, 5.74) is -0.410. The number of hydrogen-bond donors (Lipinski definition) is 0. The molecule has 0 unspecified atom stereocenters. The highest BCUT2D eigenvalue weighted by atomic mass is 16.5. The lowest BCUT2D eigenvalue weighted by Gasteiger charge is -2.15. The van der Waals surface area contributed by atoms with Gasteiger partial charge in [-0.1, -0.05) is 54.3 Å². The number of hydrogen-bond acceptors (Lipinski definition) is 6.